The lowest BCUT2D eigenvalue weighted by Gasteiger charge is -2.32. The number of nitrogens with zero attached hydrogens (tertiary/aromatic N) is 4. The molecular formula is C22H22N4O3. The summed E-state index contributed by atoms with van der Waals surface area (Å²) in [7, 11) is 0. The zero-order chi connectivity index (χ0) is 19.8. The highest BCUT2D eigenvalue weighted by Crippen LogP contribution is 2.45. The second-order valence-electron chi connectivity index (χ2n) is 7.51. The molecule has 2 amide bonds. The summed E-state index contributed by atoms with van der Waals surface area (Å²) < 4.78 is 5.50. The molecule has 0 bridgehead atoms. The predicted octanol–water partition coefficient (Wildman–Crippen LogP) is 2.53. The van der Waals surface area contributed by atoms with Crippen molar-refractivity contribution in [2.75, 3.05) is 19.6 Å². The molecule has 3 aliphatic heterocycles. The molecule has 0 aliphatic carbocycles. The normalized spacial score (nSPS) is 23.6. The Morgan fingerprint density at radius 2 is 2.03 bits per heavy atom. The van der Waals surface area contributed by atoms with Gasteiger partial charge in [-0.1, -0.05) is 42.5 Å². The molecule has 2 saturated heterocycles. The van der Waals surface area contributed by atoms with E-state index in [9.17, 15) is 9.59 Å². The van der Waals surface area contributed by atoms with E-state index >= 15 is 0 Å². The Morgan fingerprint density at radius 1 is 1.17 bits per heavy atom. The van der Waals surface area contributed by atoms with Gasteiger partial charge in [-0.3, -0.25) is 14.8 Å². The molecule has 7 nitrogen and oxygen atoms in total. The van der Waals surface area contributed by atoms with Gasteiger partial charge in [0, 0.05) is 31.9 Å². The van der Waals surface area contributed by atoms with Gasteiger partial charge in [0.15, 0.2) is 0 Å². The number of hydrazine groups is 1. The molecule has 1 aromatic carbocycles. The summed E-state index contributed by atoms with van der Waals surface area (Å²) in [5.41, 5.74) is 3.19. The molecule has 0 unspecified atom stereocenters. The molecule has 148 valence electrons. The predicted molar refractivity (Wildman–Crippen MR) is 105 cm³/mol. The lowest BCUT2D eigenvalue weighted by Crippen LogP contribution is -2.48. The molecular weight excluding hydrogens is 368 g/mol. The van der Waals surface area contributed by atoms with Crippen molar-refractivity contribution in [1.82, 2.24) is 19.9 Å². The van der Waals surface area contributed by atoms with Crippen molar-refractivity contribution in [2.24, 2.45) is 0 Å². The second kappa shape index (κ2) is 7.33. The third kappa shape index (κ3) is 3.17. The number of fused-ring (bicyclic) bond motifs is 3. The van der Waals surface area contributed by atoms with Gasteiger partial charge >= 0.3 is 6.09 Å². The highest BCUT2D eigenvalue weighted by atomic mass is 16.6. The van der Waals surface area contributed by atoms with Crippen LogP contribution in [0.1, 0.15) is 23.6 Å². The smallest absolute Gasteiger partial charge is 0.410 e. The van der Waals surface area contributed by atoms with Crippen LogP contribution in [0.2, 0.25) is 0 Å². The number of aromatic nitrogens is 1. The van der Waals surface area contributed by atoms with Crippen molar-refractivity contribution in [3.63, 3.8) is 0 Å². The number of hydrogen-bond donors (Lipinski definition) is 0. The van der Waals surface area contributed by atoms with Gasteiger partial charge in [0.05, 0.1) is 18.6 Å². The maximum absolute atomic E-state index is 12.6. The Balaban J connectivity index is 1.35. The number of benzene rings is 1. The maximum atomic E-state index is 12.6. The van der Waals surface area contributed by atoms with Crippen molar-refractivity contribution in [3.05, 3.63) is 77.6 Å². The third-order valence-corrected chi connectivity index (χ3v) is 5.79. The first-order chi connectivity index (χ1) is 14.2. The topological polar surface area (TPSA) is 66.0 Å². The molecule has 2 aromatic rings. The molecule has 0 N–H and O–H groups in total. The molecule has 2 atom stereocenters. The van der Waals surface area contributed by atoms with E-state index < -0.39 is 0 Å². The fraction of sp³-hybridized carbons (Fsp3) is 0.318. The Morgan fingerprint density at radius 3 is 2.83 bits per heavy atom. The average Bonchev–Trinajstić information content (AvgIpc) is 3.30. The molecule has 0 radical (unpaired) electrons. The standard InChI is InChI=1S/C22H22N4O3/c27-20-9-12-25-21(17-7-4-10-23-13-17)18-8-11-24(14-19(18)26(20)25)22(28)29-15-16-5-2-1-3-6-16/h1-8,10,13,19,21H,9,11-12,14-15H2/t19-,21-/m0/s1. The maximum Gasteiger partial charge on any atom is 0.410 e. The summed E-state index contributed by atoms with van der Waals surface area (Å²) in [6, 6.07) is 13.4. The zero-order valence-corrected chi connectivity index (χ0v) is 16.0. The van der Waals surface area contributed by atoms with Crippen molar-refractivity contribution in [2.45, 2.75) is 25.1 Å². The van der Waals surface area contributed by atoms with Gasteiger partial charge in [-0.15, -0.1) is 0 Å². The summed E-state index contributed by atoms with van der Waals surface area (Å²) >= 11 is 0. The minimum absolute atomic E-state index is 0.00244. The van der Waals surface area contributed by atoms with Crippen LogP contribution in [0.3, 0.4) is 0 Å². The largest absolute Gasteiger partial charge is 0.445 e. The van der Waals surface area contributed by atoms with Gasteiger partial charge < -0.3 is 9.64 Å². The van der Waals surface area contributed by atoms with Crippen LogP contribution in [0, 0.1) is 0 Å². The van der Waals surface area contributed by atoms with Gasteiger partial charge in [-0.25, -0.2) is 9.80 Å². The van der Waals surface area contributed by atoms with E-state index in [0.29, 0.717) is 26.1 Å². The van der Waals surface area contributed by atoms with E-state index in [1.807, 2.05) is 53.7 Å². The molecule has 3 aliphatic rings. The van der Waals surface area contributed by atoms with E-state index in [-0.39, 0.29) is 30.7 Å². The highest BCUT2D eigenvalue weighted by Gasteiger charge is 2.51. The van der Waals surface area contributed by atoms with Gasteiger partial charge in [0.2, 0.25) is 5.91 Å². The van der Waals surface area contributed by atoms with Gasteiger partial charge in [0.25, 0.3) is 0 Å². The van der Waals surface area contributed by atoms with Crippen LogP contribution in [-0.4, -0.2) is 57.6 Å². The monoisotopic (exact) mass is 390 g/mol. The number of pyridine rings is 1. The van der Waals surface area contributed by atoms with Gasteiger partial charge in [-0.05, 0) is 22.8 Å². The molecule has 1 aromatic heterocycles. The Hall–Kier alpha value is -3.19. The number of carbonyl (C=O) groups is 2. The number of carbonyl (C=O) groups excluding carboxylic acids is 2. The SMILES string of the molecule is O=C(OCc1ccccc1)N1CC=C2[C@H](c3cccnc3)N3CCC(=O)N3[C@H]2C1. The number of ether oxygens (including phenoxy) is 1. The van der Waals surface area contributed by atoms with E-state index in [2.05, 4.69) is 16.1 Å². The fourth-order valence-electron chi connectivity index (χ4n) is 4.47. The Labute approximate surface area is 169 Å². The molecule has 29 heavy (non-hydrogen) atoms. The minimum atomic E-state index is -0.354. The Bertz CT molecular complexity index is 947. The van der Waals surface area contributed by atoms with Crippen LogP contribution in [-0.2, 0) is 16.1 Å². The van der Waals surface area contributed by atoms with Crippen molar-refractivity contribution >= 4 is 12.0 Å². The van der Waals surface area contributed by atoms with Crippen molar-refractivity contribution in [1.29, 1.82) is 0 Å². The second-order valence-corrected chi connectivity index (χ2v) is 7.51. The van der Waals surface area contributed by atoms with Gasteiger partial charge in [0.1, 0.15) is 6.61 Å². The van der Waals surface area contributed by atoms with E-state index in [4.69, 9.17) is 4.74 Å². The summed E-state index contributed by atoms with van der Waals surface area (Å²) in [6.07, 6.45) is 5.82. The zero-order valence-electron chi connectivity index (χ0n) is 16.0. The van der Waals surface area contributed by atoms with Crippen molar-refractivity contribution < 1.29 is 14.3 Å². The molecule has 4 heterocycles. The first kappa shape index (κ1) is 17.9. The molecule has 0 spiro atoms. The van der Waals surface area contributed by atoms with Crippen LogP contribution < -0.4 is 0 Å². The molecule has 7 heteroatoms. The van der Waals surface area contributed by atoms with Crippen molar-refractivity contribution in [3.8, 4) is 0 Å². The van der Waals surface area contributed by atoms with Crippen LogP contribution >= 0.6 is 0 Å². The van der Waals surface area contributed by atoms with Crippen LogP contribution in [0.25, 0.3) is 0 Å². The number of rotatable bonds is 3. The minimum Gasteiger partial charge on any atom is -0.445 e. The fourth-order valence-corrected chi connectivity index (χ4v) is 4.47. The van der Waals surface area contributed by atoms with Gasteiger partial charge in [-0.2, -0.15) is 0 Å². The summed E-state index contributed by atoms with van der Waals surface area (Å²) in [6.45, 7) is 1.85. The van der Waals surface area contributed by atoms with E-state index in [0.717, 1.165) is 16.7 Å². The van der Waals surface area contributed by atoms with Crippen LogP contribution in [0.4, 0.5) is 4.79 Å². The third-order valence-electron chi connectivity index (χ3n) is 5.79. The molecule has 2 fully saturated rings. The van der Waals surface area contributed by atoms with E-state index in [1.54, 1.807) is 11.1 Å². The Kier molecular flexibility index (Phi) is 4.52. The quantitative estimate of drug-likeness (QED) is 0.754. The number of hydrogen-bond acceptors (Lipinski definition) is 5. The molecule has 0 saturated carbocycles. The van der Waals surface area contributed by atoms with Crippen LogP contribution in [0.5, 0.6) is 0 Å². The average molecular weight is 390 g/mol. The van der Waals surface area contributed by atoms with Crippen LogP contribution in [0.15, 0.2) is 66.5 Å². The van der Waals surface area contributed by atoms with E-state index in [1.165, 1.54) is 0 Å². The molecule has 5 rings (SSSR count). The first-order valence-corrected chi connectivity index (χ1v) is 9.86. The summed E-state index contributed by atoms with van der Waals surface area (Å²) in [5.74, 6) is 0.104. The summed E-state index contributed by atoms with van der Waals surface area (Å²) in [4.78, 5) is 31.1. The summed E-state index contributed by atoms with van der Waals surface area (Å²) in [5, 5.41) is 3.95. The first-order valence-electron chi connectivity index (χ1n) is 9.86. The lowest BCUT2D eigenvalue weighted by molar-refractivity contribution is -0.138. The lowest BCUT2D eigenvalue weighted by atomic mass is 9.92. The number of amides is 2. The highest BCUT2D eigenvalue weighted by molar-refractivity contribution is 5.80.